The fourth-order valence-electron chi connectivity index (χ4n) is 9.60. The first-order valence-corrected chi connectivity index (χ1v) is 28.5. The van der Waals surface area contributed by atoms with E-state index in [0.717, 1.165) is 85.5 Å². The summed E-state index contributed by atoms with van der Waals surface area (Å²) < 4.78 is 14.4. The van der Waals surface area contributed by atoms with E-state index in [4.69, 9.17) is 9.47 Å². The third-order valence-corrected chi connectivity index (χ3v) is 15.3. The van der Waals surface area contributed by atoms with Crippen molar-refractivity contribution in [2.75, 3.05) is 23.8 Å². The highest BCUT2D eigenvalue weighted by Crippen LogP contribution is 2.39. The molecule has 10 nitrogen and oxygen atoms in total. The second-order valence-corrected chi connectivity index (χ2v) is 23.2. The van der Waals surface area contributed by atoms with E-state index in [1.807, 2.05) is 22.7 Å². The van der Waals surface area contributed by atoms with Crippen LogP contribution < -0.4 is 10.6 Å². The molecule has 0 aliphatic carbocycles. The summed E-state index contributed by atoms with van der Waals surface area (Å²) in [6.07, 6.45) is 28.8. The molecule has 2 aromatic carbocycles. The maximum atomic E-state index is 14.2. The van der Waals surface area contributed by atoms with Gasteiger partial charge in [-0.15, -0.1) is 10.2 Å². The van der Waals surface area contributed by atoms with Gasteiger partial charge in [0, 0.05) is 45.2 Å². The zero-order chi connectivity index (χ0) is 51.9. The predicted molar refractivity (Wildman–Crippen MR) is 299 cm³/mol. The summed E-state index contributed by atoms with van der Waals surface area (Å²) in [5.74, 6) is 0.666. The van der Waals surface area contributed by atoms with Gasteiger partial charge in [-0.25, -0.2) is 14.1 Å². The third-order valence-electron chi connectivity index (χ3n) is 15.3. The molecule has 0 amide bonds. The van der Waals surface area contributed by atoms with Gasteiger partial charge in [0.05, 0.1) is 24.3 Å². The topological polar surface area (TPSA) is 123 Å². The summed E-state index contributed by atoms with van der Waals surface area (Å²) >= 11 is 0. The monoisotopic (exact) mass is 981 g/mol. The molecule has 0 bridgehead atoms. The molecule has 0 aliphatic heterocycles. The van der Waals surface area contributed by atoms with E-state index in [1.165, 1.54) is 103 Å². The Kier molecular flexibility index (Phi) is 25.0. The van der Waals surface area contributed by atoms with E-state index in [0.29, 0.717) is 41.9 Å². The first kappa shape index (κ1) is 59.2. The number of ether oxygens (including phenoxy) is 2. The van der Waals surface area contributed by atoms with Crippen molar-refractivity contribution in [3.05, 3.63) is 70.7 Å². The van der Waals surface area contributed by atoms with Crippen LogP contribution in [0, 0.1) is 18.8 Å². The van der Waals surface area contributed by atoms with Crippen LogP contribution in [0.15, 0.2) is 42.5 Å². The van der Waals surface area contributed by atoms with E-state index >= 15 is 0 Å². The number of rotatable bonds is 36. The van der Waals surface area contributed by atoms with E-state index in [2.05, 4.69) is 127 Å². The van der Waals surface area contributed by atoms with E-state index < -0.39 is 22.9 Å². The minimum atomic E-state index is -0.487. The van der Waals surface area contributed by atoms with Crippen LogP contribution in [-0.2, 0) is 20.3 Å². The molecule has 2 atom stereocenters. The Labute approximate surface area is 431 Å². The average Bonchev–Trinajstić information content (AvgIpc) is 3.95. The number of carbonyl (C=O) groups excluding carboxylic acids is 2. The zero-order valence-electron chi connectivity index (χ0n) is 47.1. The van der Waals surface area contributed by atoms with Gasteiger partial charge >= 0.3 is 11.9 Å². The molecule has 0 fully saturated rings. The van der Waals surface area contributed by atoms with Gasteiger partial charge in [-0.1, -0.05) is 197 Å². The molecule has 71 heavy (non-hydrogen) atoms. The minimum Gasteiger partial charge on any atom is -0.462 e. The number of nitrogens with one attached hydrogen (secondary N) is 3. The van der Waals surface area contributed by atoms with E-state index in [1.54, 1.807) is 6.07 Å². The smallest absolute Gasteiger partial charge is 0.338 e. The van der Waals surface area contributed by atoms with Gasteiger partial charge in [0.25, 0.3) is 0 Å². The molecule has 2 unspecified atom stereocenters. The second-order valence-electron chi connectivity index (χ2n) is 23.2. The molecule has 2 aromatic heterocycles. The number of aromatic amines is 1. The number of hydrogen-bond acceptors (Lipinski definition) is 8. The Morgan fingerprint density at radius 3 is 1.49 bits per heavy atom. The van der Waals surface area contributed by atoms with Crippen LogP contribution in [-0.4, -0.2) is 50.5 Å². The number of aromatic nitrogens is 4. The number of esters is 2. The van der Waals surface area contributed by atoms with Crippen molar-refractivity contribution in [1.82, 2.24) is 19.8 Å². The quantitative estimate of drug-likeness (QED) is 0.0304. The summed E-state index contributed by atoms with van der Waals surface area (Å²) in [5, 5.41) is 20.3. The second kappa shape index (κ2) is 30.0. The first-order valence-electron chi connectivity index (χ1n) is 28.5. The lowest BCUT2D eigenvalue weighted by Crippen LogP contribution is -2.50. The highest BCUT2D eigenvalue weighted by molar-refractivity contribution is 5.97. The maximum Gasteiger partial charge on any atom is 0.338 e. The number of anilines is 3. The van der Waals surface area contributed by atoms with Crippen LogP contribution in [0.4, 0.5) is 17.1 Å². The van der Waals surface area contributed by atoms with Crippen molar-refractivity contribution in [3.8, 4) is 0 Å². The van der Waals surface area contributed by atoms with Crippen LogP contribution in [0.25, 0.3) is 5.65 Å². The van der Waals surface area contributed by atoms with E-state index in [-0.39, 0.29) is 5.41 Å². The summed E-state index contributed by atoms with van der Waals surface area (Å²) in [6, 6.07) is 13.6. The van der Waals surface area contributed by atoms with Crippen molar-refractivity contribution >= 4 is 34.6 Å². The number of aryl methyl sites for hydroxylation is 1. The lowest BCUT2D eigenvalue weighted by molar-refractivity contribution is 0.0419. The Morgan fingerprint density at radius 1 is 0.577 bits per heavy atom. The highest BCUT2D eigenvalue weighted by atomic mass is 16.5. The van der Waals surface area contributed by atoms with Gasteiger partial charge in [0.2, 0.25) is 0 Å². The highest BCUT2D eigenvalue weighted by Gasteiger charge is 2.43. The predicted octanol–water partition coefficient (Wildman–Crippen LogP) is 17.6. The molecule has 0 saturated carbocycles. The molecule has 2 heterocycles. The number of hydrogen-bond donors (Lipinski definition) is 3. The number of H-pyrrole nitrogens is 1. The normalized spacial score (nSPS) is 13.1. The van der Waals surface area contributed by atoms with Gasteiger partial charge < -0.3 is 20.1 Å². The average molecular weight is 982 g/mol. The molecule has 10 heteroatoms. The van der Waals surface area contributed by atoms with Gasteiger partial charge in [-0.3, -0.25) is 5.10 Å². The van der Waals surface area contributed by atoms with Crippen LogP contribution >= 0.6 is 0 Å². The number of carbonyl (C=O) groups is 2. The van der Waals surface area contributed by atoms with Gasteiger partial charge in [0.15, 0.2) is 11.5 Å². The molecule has 0 aliphatic rings. The van der Waals surface area contributed by atoms with Crippen molar-refractivity contribution in [2.24, 2.45) is 11.8 Å². The molecule has 0 radical (unpaired) electrons. The zero-order valence-corrected chi connectivity index (χ0v) is 47.1. The number of benzene rings is 2. The van der Waals surface area contributed by atoms with E-state index in [9.17, 15) is 9.59 Å². The Balaban J connectivity index is 1.60. The van der Waals surface area contributed by atoms with Crippen molar-refractivity contribution in [2.45, 2.75) is 254 Å². The fourth-order valence-corrected chi connectivity index (χ4v) is 9.60. The molecular formula is C61H100N6O4. The van der Waals surface area contributed by atoms with Crippen LogP contribution in [0.5, 0.6) is 0 Å². The number of nitrogens with zero attached hydrogens (tertiary/aromatic N) is 3. The largest absolute Gasteiger partial charge is 0.462 e. The summed E-state index contributed by atoms with van der Waals surface area (Å²) in [7, 11) is 0. The number of fused-ring (bicyclic) bond motifs is 1. The Morgan fingerprint density at radius 2 is 1.03 bits per heavy atom. The lowest BCUT2D eigenvalue weighted by Gasteiger charge is -2.42. The van der Waals surface area contributed by atoms with Crippen molar-refractivity contribution in [1.29, 1.82) is 0 Å². The molecule has 398 valence electrons. The minimum absolute atomic E-state index is 0.0610. The van der Waals surface area contributed by atoms with Gasteiger partial charge in [-0.05, 0) is 94.2 Å². The summed E-state index contributed by atoms with van der Waals surface area (Å²) in [6.45, 7) is 27.2. The van der Waals surface area contributed by atoms with Gasteiger partial charge in [0.1, 0.15) is 0 Å². The molecule has 4 rings (SSSR count). The fraction of sp³-hybridized carbons (Fsp3) is 0.705. The molecule has 4 aromatic rings. The standard InChI is InChI=1S/C61H100N6O4/c1-13-17-21-25-27-31-35-47(33-29-23-19-15-3)44-70-56(68)49-39-50(57(69)71-45-48(34-30-24-20-16-4)36-32-28-26-22-18-14-2)41-52(40-49)62-51-38-37-46(5)53(42-51)63-61(11,12)60(9,10)58-65-64-55-43-54(59(6,7)8)66-67(55)58/h37-43,47-48,62-63,66H,13-36,44-45H2,1-12H3. The Bertz CT molecular complexity index is 2090. The Hall–Kier alpha value is -4.34. The SMILES string of the molecule is CCCCCCCCC(CCCCCC)COC(=O)c1cc(Nc2ccc(C)c(NC(C)(C)C(C)(C)c3nnc4cc(C(C)(C)C)[nH]n34)c2)cc(C(=O)OCC(CCCCCC)CCCCCCCC)c1. The first-order chi connectivity index (χ1) is 33.9. The van der Waals surface area contributed by atoms with Gasteiger partial charge in [-0.2, -0.15) is 0 Å². The third kappa shape index (κ3) is 19.2. The summed E-state index contributed by atoms with van der Waals surface area (Å²) in [5.41, 5.74) is 5.06. The summed E-state index contributed by atoms with van der Waals surface area (Å²) in [4.78, 5) is 28.3. The molecule has 0 spiro atoms. The van der Waals surface area contributed by atoms with Crippen molar-refractivity contribution in [3.63, 3.8) is 0 Å². The molecule has 3 N–H and O–H groups in total. The van der Waals surface area contributed by atoms with Crippen LogP contribution in [0.1, 0.15) is 268 Å². The number of unbranched alkanes of at least 4 members (excludes halogenated alkanes) is 16. The maximum absolute atomic E-state index is 14.2. The van der Waals surface area contributed by atoms with Crippen LogP contribution in [0.2, 0.25) is 0 Å². The van der Waals surface area contributed by atoms with Crippen molar-refractivity contribution < 1.29 is 19.1 Å². The lowest BCUT2D eigenvalue weighted by atomic mass is 9.73. The molecule has 0 saturated heterocycles. The molecular weight excluding hydrogens is 881 g/mol. The van der Waals surface area contributed by atoms with Crippen LogP contribution in [0.3, 0.4) is 0 Å².